The highest BCUT2D eigenvalue weighted by Crippen LogP contribution is 2.34. The van der Waals surface area contributed by atoms with Gasteiger partial charge < -0.3 is 14.8 Å². The Morgan fingerprint density at radius 1 is 0.800 bits per heavy atom. The number of ether oxygens (including phenoxy) is 2. The number of nitrogens with zero attached hydrogens (tertiary/aromatic N) is 5. The van der Waals surface area contributed by atoms with Crippen molar-refractivity contribution in [3.05, 3.63) is 78.4 Å². The standard InChI is InChI=1S/C22H20N6O2/c1-29-20-12-19(13-21(14-20)30-2)24-22(15-23-28-27-22)16-8-10-18(11-9-16)26-25-17-6-4-3-5-7-17/h3-15,24H,1-2H3. The van der Waals surface area contributed by atoms with E-state index in [0.717, 1.165) is 22.6 Å². The van der Waals surface area contributed by atoms with E-state index in [4.69, 9.17) is 9.47 Å². The first-order valence-corrected chi connectivity index (χ1v) is 9.26. The van der Waals surface area contributed by atoms with Crippen LogP contribution in [0.1, 0.15) is 5.56 Å². The van der Waals surface area contributed by atoms with E-state index in [1.54, 1.807) is 26.5 Å². The molecular weight excluding hydrogens is 380 g/mol. The first kappa shape index (κ1) is 19.3. The number of nitrogens with one attached hydrogen (secondary N) is 1. The summed E-state index contributed by atoms with van der Waals surface area (Å²) in [7, 11) is 3.21. The van der Waals surface area contributed by atoms with Gasteiger partial charge in [-0.05, 0) is 29.5 Å². The van der Waals surface area contributed by atoms with Crippen LogP contribution in [-0.2, 0) is 5.66 Å². The van der Waals surface area contributed by atoms with E-state index in [9.17, 15) is 0 Å². The molecule has 30 heavy (non-hydrogen) atoms. The molecule has 4 rings (SSSR count). The lowest BCUT2D eigenvalue weighted by Crippen LogP contribution is -2.33. The minimum atomic E-state index is -0.938. The van der Waals surface area contributed by atoms with Crippen LogP contribution in [0.15, 0.2) is 98.5 Å². The van der Waals surface area contributed by atoms with E-state index in [-0.39, 0.29) is 0 Å². The Hall–Kier alpha value is -4.07. The quantitative estimate of drug-likeness (QED) is 0.505. The van der Waals surface area contributed by atoms with Crippen molar-refractivity contribution in [2.75, 3.05) is 19.5 Å². The zero-order chi connectivity index (χ0) is 20.8. The monoisotopic (exact) mass is 400 g/mol. The molecule has 0 bridgehead atoms. The maximum absolute atomic E-state index is 5.35. The van der Waals surface area contributed by atoms with E-state index < -0.39 is 5.66 Å². The molecule has 1 heterocycles. The van der Waals surface area contributed by atoms with Gasteiger partial charge in [-0.1, -0.05) is 30.3 Å². The Balaban J connectivity index is 1.59. The summed E-state index contributed by atoms with van der Waals surface area (Å²) in [6, 6.07) is 22.7. The highest BCUT2D eigenvalue weighted by atomic mass is 16.5. The highest BCUT2D eigenvalue weighted by molar-refractivity contribution is 5.79. The number of rotatable bonds is 7. The van der Waals surface area contributed by atoms with Crippen LogP contribution in [0.5, 0.6) is 11.5 Å². The maximum atomic E-state index is 5.35. The van der Waals surface area contributed by atoms with Crippen LogP contribution >= 0.6 is 0 Å². The normalized spacial score (nSPS) is 17.4. The Kier molecular flexibility index (Phi) is 5.47. The van der Waals surface area contributed by atoms with E-state index in [2.05, 4.69) is 31.0 Å². The van der Waals surface area contributed by atoms with Crippen LogP contribution < -0.4 is 14.8 Å². The molecule has 8 nitrogen and oxygen atoms in total. The van der Waals surface area contributed by atoms with Crippen molar-refractivity contribution < 1.29 is 9.47 Å². The fraction of sp³-hybridized carbons (Fsp3) is 0.136. The van der Waals surface area contributed by atoms with Gasteiger partial charge >= 0.3 is 0 Å². The molecule has 3 aromatic carbocycles. The van der Waals surface area contributed by atoms with Crippen molar-refractivity contribution >= 4 is 23.3 Å². The summed E-state index contributed by atoms with van der Waals surface area (Å²) in [5.41, 5.74) is 2.20. The Morgan fingerprint density at radius 3 is 2.00 bits per heavy atom. The average Bonchev–Trinajstić information content (AvgIpc) is 3.28. The molecule has 1 unspecified atom stereocenters. The molecule has 1 aliphatic rings. The molecule has 3 aromatic rings. The fourth-order valence-corrected chi connectivity index (χ4v) is 2.99. The lowest BCUT2D eigenvalue weighted by atomic mass is 10.0. The molecule has 0 aromatic heterocycles. The van der Waals surface area contributed by atoms with Crippen LogP contribution in [0.4, 0.5) is 17.1 Å². The molecule has 0 aliphatic carbocycles. The van der Waals surface area contributed by atoms with Gasteiger partial charge in [0.1, 0.15) is 11.5 Å². The topological polar surface area (TPSA) is 92.3 Å². The van der Waals surface area contributed by atoms with Gasteiger partial charge in [-0.15, -0.1) is 10.2 Å². The summed E-state index contributed by atoms with van der Waals surface area (Å²) in [5, 5.41) is 24.0. The molecule has 0 saturated carbocycles. The number of hydrogen-bond donors (Lipinski definition) is 1. The predicted molar refractivity (Wildman–Crippen MR) is 115 cm³/mol. The number of methoxy groups -OCH3 is 2. The lowest BCUT2D eigenvalue weighted by molar-refractivity contribution is 0.394. The Labute approximate surface area is 174 Å². The molecule has 1 aliphatic heterocycles. The zero-order valence-electron chi connectivity index (χ0n) is 16.6. The molecule has 0 fully saturated rings. The first-order valence-electron chi connectivity index (χ1n) is 9.26. The number of hydrogen-bond acceptors (Lipinski definition) is 8. The molecule has 0 amide bonds. The van der Waals surface area contributed by atoms with Gasteiger partial charge in [-0.2, -0.15) is 10.2 Å². The maximum Gasteiger partial charge on any atom is 0.216 e. The minimum absolute atomic E-state index is 0.663. The smallest absolute Gasteiger partial charge is 0.216 e. The summed E-state index contributed by atoms with van der Waals surface area (Å²) in [6.45, 7) is 0. The van der Waals surface area contributed by atoms with Crippen molar-refractivity contribution in [2.24, 2.45) is 25.7 Å². The van der Waals surface area contributed by atoms with Crippen LogP contribution in [0.2, 0.25) is 0 Å². The largest absolute Gasteiger partial charge is 0.497 e. The van der Waals surface area contributed by atoms with Crippen LogP contribution in [-0.4, -0.2) is 20.4 Å². The summed E-state index contributed by atoms with van der Waals surface area (Å²) in [6.07, 6.45) is 1.65. The molecule has 150 valence electrons. The number of azo groups is 1. The lowest BCUT2D eigenvalue weighted by Gasteiger charge is -2.25. The Morgan fingerprint density at radius 2 is 1.43 bits per heavy atom. The predicted octanol–water partition coefficient (Wildman–Crippen LogP) is 5.84. The Bertz CT molecular complexity index is 1060. The second-order valence-electron chi connectivity index (χ2n) is 6.51. The third kappa shape index (κ3) is 4.17. The molecule has 0 radical (unpaired) electrons. The van der Waals surface area contributed by atoms with Gasteiger partial charge in [0, 0.05) is 29.4 Å². The van der Waals surface area contributed by atoms with Crippen LogP contribution in [0.25, 0.3) is 0 Å². The summed E-state index contributed by atoms with van der Waals surface area (Å²) in [5.74, 6) is 1.33. The SMILES string of the molecule is COc1cc(NC2(c3ccc(N=Nc4ccccc4)cc3)C=NN=N2)cc(OC)c1. The minimum Gasteiger partial charge on any atom is -0.497 e. The zero-order valence-corrected chi connectivity index (χ0v) is 16.6. The molecule has 8 heteroatoms. The summed E-state index contributed by atoms with van der Waals surface area (Å²) in [4.78, 5) is 0. The van der Waals surface area contributed by atoms with Crippen molar-refractivity contribution in [3.63, 3.8) is 0 Å². The van der Waals surface area contributed by atoms with E-state index in [1.807, 2.05) is 66.7 Å². The molecule has 0 spiro atoms. The summed E-state index contributed by atoms with van der Waals surface area (Å²) < 4.78 is 10.7. The van der Waals surface area contributed by atoms with Gasteiger partial charge in [0.15, 0.2) is 0 Å². The summed E-state index contributed by atoms with van der Waals surface area (Å²) >= 11 is 0. The second kappa shape index (κ2) is 8.52. The van der Waals surface area contributed by atoms with Gasteiger partial charge in [-0.3, -0.25) is 0 Å². The van der Waals surface area contributed by atoms with E-state index in [0.29, 0.717) is 11.5 Å². The third-order valence-corrected chi connectivity index (χ3v) is 4.53. The second-order valence-corrected chi connectivity index (χ2v) is 6.51. The van der Waals surface area contributed by atoms with Gasteiger partial charge in [0.25, 0.3) is 0 Å². The third-order valence-electron chi connectivity index (χ3n) is 4.53. The number of anilines is 1. The molecule has 0 saturated heterocycles. The first-order chi connectivity index (χ1) is 14.7. The van der Waals surface area contributed by atoms with E-state index >= 15 is 0 Å². The van der Waals surface area contributed by atoms with Crippen molar-refractivity contribution in [3.8, 4) is 11.5 Å². The molecular formula is C22H20N6O2. The molecule has 1 atom stereocenters. The molecule has 1 N–H and O–H groups in total. The van der Waals surface area contributed by atoms with Gasteiger partial charge in [0.2, 0.25) is 5.66 Å². The van der Waals surface area contributed by atoms with Crippen LogP contribution in [0.3, 0.4) is 0 Å². The van der Waals surface area contributed by atoms with Crippen molar-refractivity contribution in [1.29, 1.82) is 0 Å². The van der Waals surface area contributed by atoms with E-state index in [1.165, 1.54) is 0 Å². The van der Waals surface area contributed by atoms with Crippen molar-refractivity contribution in [2.45, 2.75) is 5.66 Å². The average molecular weight is 400 g/mol. The highest BCUT2D eigenvalue weighted by Gasteiger charge is 2.33. The van der Waals surface area contributed by atoms with Gasteiger partial charge in [0.05, 0.1) is 31.8 Å². The fourth-order valence-electron chi connectivity index (χ4n) is 2.99. The van der Waals surface area contributed by atoms with Crippen LogP contribution in [0, 0.1) is 0 Å². The van der Waals surface area contributed by atoms with Gasteiger partial charge in [-0.25, -0.2) is 0 Å². The van der Waals surface area contributed by atoms with Crippen molar-refractivity contribution in [1.82, 2.24) is 0 Å². The number of benzene rings is 3.